The molecule has 3 heteroatoms. The zero-order valence-corrected chi connectivity index (χ0v) is 8.71. The molecule has 2 nitrogen and oxygen atoms in total. The number of halogens is 1. The highest BCUT2D eigenvalue weighted by molar-refractivity contribution is 9.12. The van der Waals surface area contributed by atoms with Crippen LogP contribution in [0.1, 0.15) is 5.56 Å². The molecule has 0 fully saturated rings. The third-order valence-electron chi connectivity index (χ3n) is 1.52. The number of ether oxygens (including phenoxy) is 1. The summed E-state index contributed by atoms with van der Waals surface area (Å²) in [7, 11) is 1.62. The highest BCUT2D eigenvalue weighted by Crippen LogP contribution is 2.15. The van der Waals surface area contributed by atoms with Crippen LogP contribution < -0.4 is 4.74 Å². The monoisotopic (exact) mass is 237 g/mol. The summed E-state index contributed by atoms with van der Waals surface area (Å²) in [5.74, 6) is 0.810. The van der Waals surface area contributed by atoms with Crippen molar-refractivity contribution in [2.75, 3.05) is 7.11 Å². The van der Waals surface area contributed by atoms with E-state index in [-0.39, 0.29) is 0 Å². The van der Waals surface area contributed by atoms with Gasteiger partial charge in [0, 0.05) is 0 Å². The first-order chi connectivity index (χ1) is 6.26. The molecule has 0 aliphatic heterocycles. The molecule has 0 amide bonds. The van der Waals surface area contributed by atoms with Gasteiger partial charge in [-0.1, -0.05) is 12.1 Å². The van der Waals surface area contributed by atoms with E-state index in [2.05, 4.69) is 15.9 Å². The van der Waals surface area contributed by atoms with Crippen LogP contribution in [0.15, 0.2) is 28.7 Å². The maximum atomic E-state index is 8.51. The van der Waals surface area contributed by atoms with Gasteiger partial charge in [-0.3, -0.25) is 0 Å². The summed E-state index contributed by atoms with van der Waals surface area (Å²) in [5, 5.41) is 8.51. The van der Waals surface area contributed by atoms with Gasteiger partial charge in [-0.05, 0) is 39.7 Å². The normalized spacial score (nSPS) is 10.7. The molecule has 13 heavy (non-hydrogen) atoms. The largest absolute Gasteiger partial charge is 0.497 e. The second-order valence-electron chi connectivity index (χ2n) is 2.38. The summed E-state index contributed by atoms with van der Waals surface area (Å²) < 4.78 is 5.51. The van der Waals surface area contributed by atoms with Gasteiger partial charge >= 0.3 is 0 Å². The van der Waals surface area contributed by atoms with Crippen LogP contribution in [0.2, 0.25) is 0 Å². The van der Waals surface area contributed by atoms with Crippen molar-refractivity contribution < 1.29 is 4.74 Å². The predicted octanol–water partition coefficient (Wildman–Crippen LogP) is 2.95. The number of allylic oxidation sites excluding steroid dienone is 1. The minimum absolute atomic E-state index is 0.512. The van der Waals surface area contributed by atoms with Crippen molar-refractivity contribution >= 4 is 22.0 Å². The molecule has 0 atom stereocenters. The Kier molecular flexibility index (Phi) is 3.53. The molecular weight excluding hydrogens is 230 g/mol. The molecule has 0 bridgehead atoms. The summed E-state index contributed by atoms with van der Waals surface area (Å²) >= 11 is 3.12. The number of hydrogen-bond donors (Lipinski definition) is 0. The summed E-state index contributed by atoms with van der Waals surface area (Å²) in [4.78, 5) is 0. The quantitative estimate of drug-likeness (QED) is 0.742. The minimum Gasteiger partial charge on any atom is -0.497 e. The molecule has 0 N–H and O–H groups in total. The van der Waals surface area contributed by atoms with E-state index in [0.29, 0.717) is 4.48 Å². The SMILES string of the molecule is COc1ccc(/C=C(/Br)C#N)cc1. The zero-order chi connectivity index (χ0) is 9.68. The number of methoxy groups -OCH3 is 1. The molecule has 0 aliphatic rings. The Hall–Kier alpha value is -1.27. The van der Waals surface area contributed by atoms with E-state index in [4.69, 9.17) is 10.00 Å². The lowest BCUT2D eigenvalue weighted by atomic mass is 10.2. The minimum atomic E-state index is 0.512. The Morgan fingerprint density at radius 3 is 2.54 bits per heavy atom. The van der Waals surface area contributed by atoms with E-state index in [1.54, 1.807) is 13.2 Å². The molecule has 0 spiro atoms. The first-order valence-corrected chi connectivity index (χ1v) is 4.47. The van der Waals surface area contributed by atoms with Crippen LogP contribution in [0.25, 0.3) is 6.08 Å². The summed E-state index contributed by atoms with van der Waals surface area (Å²) in [6.45, 7) is 0. The maximum absolute atomic E-state index is 8.51. The van der Waals surface area contributed by atoms with Crippen LogP contribution in [-0.2, 0) is 0 Å². The Bertz CT molecular complexity index is 348. The lowest BCUT2D eigenvalue weighted by Crippen LogP contribution is -1.81. The van der Waals surface area contributed by atoms with Crippen molar-refractivity contribution in [1.82, 2.24) is 0 Å². The first-order valence-electron chi connectivity index (χ1n) is 3.67. The third kappa shape index (κ3) is 2.92. The average molecular weight is 238 g/mol. The fourth-order valence-corrected chi connectivity index (χ4v) is 1.14. The molecular formula is C10H8BrNO. The Labute approximate surface area is 85.6 Å². The topological polar surface area (TPSA) is 33.0 Å². The van der Waals surface area contributed by atoms with Gasteiger partial charge in [0.1, 0.15) is 11.8 Å². The molecule has 0 unspecified atom stereocenters. The smallest absolute Gasteiger partial charge is 0.118 e. The lowest BCUT2D eigenvalue weighted by molar-refractivity contribution is 0.415. The second-order valence-corrected chi connectivity index (χ2v) is 3.23. The van der Waals surface area contributed by atoms with E-state index in [0.717, 1.165) is 11.3 Å². The number of benzene rings is 1. The van der Waals surface area contributed by atoms with E-state index >= 15 is 0 Å². The number of nitrogens with zero attached hydrogens (tertiary/aromatic N) is 1. The van der Waals surface area contributed by atoms with Gasteiger partial charge in [0.15, 0.2) is 0 Å². The molecule has 0 radical (unpaired) electrons. The van der Waals surface area contributed by atoms with Crippen molar-refractivity contribution in [3.05, 3.63) is 34.3 Å². The molecule has 0 heterocycles. The number of hydrogen-bond acceptors (Lipinski definition) is 2. The Morgan fingerprint density at radius 1 is 1.46 bits per heavy atom. The predicted molar refractivity (Wildman–Crippen MR) is 55.5 cm³/mol. The standard InChI is InChI=1S/C10H8BrNO/c1-13-10-4-2-8(3-5-10)6-9(11)7-12/h2-6H,1H3/b9-6+. The number of nitriles is 1. The van der Waals surface area contributed by atoms with E-state index in [9.17, 15) is 0 Å². The van der Waals surface area contributed by atoms with Crippen LogP contribution in [0.5, 0.6) is 5.75 Å². The van der Waals surface area contributed by atoms with Crippen LogP contribution >= 0.6 is 15.9 Å². The highest BCUT2D eigenvalue weighted by Gasteiger charge is 1.92. The highest BCUT2D eigenvalue weighted by atomic mass is 79.9. The molecule has 0 saturated carbocycles. The van der Waals surface area contributed by atoms with E-state index in [1.807, 2.05) is 30.3 Å². The fraction of sp³-hybridized carbons (Fsp3) is 0.100. The molecule has 0 aromatic heterocycles. The molecule has 0 aliphatic carbocycles. The Morgan fingerprint density at radius 2 is 2.08 bits per heavy atom. The van der Waals surface area contributed by atoms with Gasteiger partial charge in [-0.15, -0.1) is 0 Å². The van der Waals surface area contributed by atoms with Crippen molar-refractivity contribution in [2.24, 2.45) is 0 Å². The van der Waals surface area contributed by atoms with Crippen LogP contribution in [0.4, 0.5) is 0 Å². The average Bonchev–Trinajstić information content (AvgIpc) is 2.19. The van der Waals surface area contributed by atoms with Gasteiger partial charge < -0.3 is 4.74 Å². The molecule has 1 aromatic carbocycles. The summed E-state index contributed by atoms with van der Waals surface area (Å²) in [6.07, 6.45) is 1.75. The van der Waals surface area contributed by atoms with Crippen LogP contribution in [0, 0.1) is 11.3 Å². The van der Waals surface area contributed by atoms with Gasteiger partial charge in [0.2, 0.25) is 0 Å². The van der Waals surface area contributed by atoms with Crippen molar-refractivity contribution in [3.8, 4) is 11.8 Å². The van der Waals surface area contributed by atoms with Gasteiger partial charge in [0.05, 0.1) is 11.6 Å². The van der Waals surface area contributed by atoms with Crippen molar-refractivity contribution in [2.45, 2.75) is 0 Å². The van der Waals surface area contributed by atoms with Crippen LogP contribution in [-0.4, -0.2) is 7.11 Å². The fourth-order valence-electron chi connectivity index (χ4n) is 0.879. The second kappa shape index (κ2) is 4.68. The Balaban J connectivity index is 2.88. The van der Waals surface area contributed by atoms with Crippen molar-refractivity contribution in [1.29, 1.82) is 5.26 Å². The molecule has 66 valence electrons. The number of rotatable bonds is 2. The summed E-state index contributed by atoms with van der Waals surface area (Å²) in [6, 6.07) is 9.46. The summed E-state index contributed by atoms with van der Waals surface area (Å²) in [5.41, 5.74) is 0.967. The third-order valence-corrected chi connectivity index (χ3v) is 1.92. The van der Waals surface area contributed by atoms with Gasteiger partial charge in [0.25, 0.3) is 0 Å². The van der Waals surface area contributed by atoms with E-state index in [1.165, 1.54) is 0 Å². The lowest BCUT2D eigenvalue weighted by Gasteiger charge is -1.98. The molecule has 1 rings (SSSR count). The molecule has 1 aromatic rings. The maximum Gasteiger partial charge on any atom is 0.118 e. The first kappa shape index (κ1) is 9.82. The van der Waals surface area contributed by atoms with E-state index < -0.39 is 0 Å². The van der Waals surface area contributed by atoms with Gasteiger partial charge in [-0.25, -0.2) is 0 Å². The van der Waals surface area contributed by atoms with Crippen LogP contribution in [0.3, 0.4) is 0 Å². The zero-order valence-electron chi connectivity index (χ0n) is 7.12. The van der Waals surface area contributed by atoms with Crippen molar-refractivity contribution in [3.63, 3.8) is 0 Å². The van der Waals surface area contributed by atoms with Gasteiger partial charge in [-0.2, -0.15) is 5.26 Å². The molecule has 0 saturated heterocycles.